The van der Waals surface area contributed by atoms with Gasteiger partial charge >= 0.3 is 5.97 Å². The molecule has 4 rings (SSSR count). The van der Waals surface area contributed by atoms with Gasteiger partial charge in [0.05, 0.1) is 0 Å². The fourth-order valence-corrected chi connectivity index (χ4v) is 4.86. The molecule has 1 saturated carbocycles. The summed E-state index contributed by atoms with van der Waals surface area (Å²) in [6.07, 6.45) is 3.03. The summed E-state index contributed by atoms with van der Waals surface area (Å²) in [6.45, 7) is 3.08. The Kier molecular flexibility index (Phi) is 7.19. The van der Waals surface area contributed by atoms with Crippen molar-refractivity contribution in [1.82, 2.24) is 4.57 Å². The zero-order valence-electron chi connectivity index (χ0n) is 19.0. The first-order chi connectivity index (χ1) is 16.2. The Balaban J connectivity index is 1.43. The molecule has 0 radical (unpaired) electrons. The molecule has 0 spiro atoms. The summed E-state index contributed by atoms with van der Waals surface area (Å²) in [5.74, 6) is -3.70. The normalized spacial score (nSPS) is 19.0. The quantitative estimate of drug-likeness (QED) is 0.335. The lowest BCUT2D eigenvalue weighted by Crippen LogP contribution is -2.44. The number of alkyl halides is 2. The van der Waals surface area contributed by atoms with E-state index in [1.807, 2.05) is 48.1 Å². The van der Waals surface area contributed by atoms with Crippen molar-refractivity contribution in [3.8, 4) is 0 Å². The van der Waals surface area contributed by atoms with Crippen molar-refractivity contribution in [2.45, 2.75) is 50.8 Å². The molecule has 1 fully saturated rings. The third-order valence-corrected chi connectivity index (χ3v) is 7.14. The van der Waals surface area contributed by atoms with Gasteiger partial charge in [-0.1, -0.05) is 58.4 Å². The largest absolute Gasteiger partial charge is 0.459 e. The van der Waals surface area contributed by atoms with E-state index in [1.54, 1.807) is 30.3 Å². The highest BCUT2D eigenvalue weighted by Gasteiger charge is 2.54. The monoisotopic (exact) mass is 533 g/mol. The summed E-state index contributed by atoms with van der Waals surface area (Å²) in [5, 5.41) is 11.4. The third kappa shape index (κ3) is 5.23. The standard InChI is InChI=1S/C26H28BrF2N2O3/c1-19-30(13-14-31(19)18-20-7-9-23(27)10-8-20)15-16-34-24(32)26(33,21-5-3-2-4-6-21)22-11-12-25(28,29)17-22/h2-10,13-14,22,33H,11-12,15-18H2,1H3/q+1/t22-,26+/m1/s1. The minimum atomic E-state index is -2.89. The van der Waals surface area contributed by atoms with Gasteiger partial charge in [-0.2, -0.15) is 0 Å². The first-order valence-electron chi connectivity index (χ1n) is 11.3. The molecule has 3 aromatic rings. The Labute approximate surface area is 206 Å². The minimum Gasteiger partial charge on any atom is -0.459 e. The molecule has 0 bridgehead atoms. The number of hydrogen-bond donors (Lipinski definition) is 1. The van der Waals surface area contributed by atoms with Crippen molar-refractivity contribution >= 4 is 21.9 Å². The van der Waals surface area contributed by atoms with Crippen LogP contribution in [-0.4, -0.2) is 28.2 Å². The van der Waals surface area contributed by atoms with Crippen LogP contribution in [0.5, 0.6) is 0 Å². The van der Waals surface area contributed by atoms with Crippen molar-refractivity contribution in [3.63, 3.8) is 0 Å². The summed E-state index contributed by atoms with van der Waals surface area (Å²) in [7, 11) is 0. The number of esters is 1. The van der Waals surface area contributed by atoms with Crippen LogP contribution in [0.25, 0.3) is 0 Å². The number of imidazole rings is 1. The first kappa shape index (κ1) is 24.5. The van der Waals surface area contributed by atoms with Gasteiger partial charge in [0.25, 0.3) is 5.82 Å². The SMILES string of the molecule is Cc1n(CCOC(=O)[C@](O)(c2ccccc2)[C@@H]2CCC(F)(F)C2)cc[n+]1Cc1ccc(Br)cc1. The lowest BCUT2D eigenvalue weighted by molar-refractivity contribution is -0.694. The predicted octanol–water partition coefficient (Wildman–Crippen LogP) is 4.76. The Morgan fingerprint density at radius 1 is 1.24 bits per heavy atom. The predicted molar refractivity (Wildman–Crippen MR) is 126 cm³/mol. The molecule has 1 aliphatic carbocycles. The van der Waals surface area contributed by atoms with Gasteiger partial charge in [-0.15, -0.1) is 0 Å². The molecule has 1 N–H and O–H groups in total. The van der Waals surface area contributed by atoms with Crippen LogP contribution in [0.1, 0.15) is 36.2 Å². The molecule has 2 atom stereocenters. The molecule has 1 heterocycles. The second-order valence-electron chi connectivity index (χ2n) is 8.86. The van der Waals surface area contributed by atoms with Crippen LogP contribution in [0.2, 0.25) is 0 Å². The molecule has 1 aromatic heterocycles. The van der Waals surface area contributed by atoms with E-state index in [1.165, 1.54) is 0 Å². The number of carbonyl (C=O) groups excluding carboxylic acids is 1. The maximum Gasteiger partial charge on any atom is 0.343 e. The average molecular weight is 534 g/mol. The molecular weight excluding hydrogens is 506 g/mol. The molecule has 2 aromatic carbocycles. The number of rotatable bonds is 8. The van der Waals surface area contributed by atoms with Crippen molar-refractivity contribution in [2.75, 3.05) is 6.61 Å². The van der Waals surface area contributed by atoms with E-state index < -0.39 is 29.8 Å². The van der Waals surface area contributed by atoms with Crippen molar-refractivity contribution < 1.29 is 28.0 Å². The Morgan fingerprint density at radius 3 is 2.59 bits per heavy atom. The van der Waals surface area contributed by atoms with E-state index in [4.69, 9.17) is 4.74 Å². The molecule has 34 heavy (non-hydrogen) atoms. The molecule has 0 aliphatic heterocycles. The lowest BCUT2D eigenvalue weighted by atomic mass is 9.80. The van der Waals surface area contributed by atoms with E-state index >= 15 is 0 Å². The molecule has 0 saturated heterocycles. The van der Waals surface area contributed by atoms with Gasteiger partial charge in [0, 0.05) is 30.2 Å². The van der Waals surface area contributed by atoms with Crippen molar-refractivity contribution in [1.29, 1.82) is 0 Å². The van der Waals surface area contributed by atoms with Crippen LogP contribution in [0.3, 0.4) is 0 Å². The van der Waals surface area contributed by atoms with Crippen LogP contribution < -0.4 is 4.57 Å². The number of carbonyl (C=O) groups is 1. The van der Waals surface area contributed by atoms with Gasteiger partial charge in [0.1, 0.15) is 32.1 Å². The van der Waals surface area contributed by atoms with Gasteiger partial charge in [-0.25, -0.2) is 22.7 Å². The molecule has 0 unspecified atom stereocenters. The number of halogens is 3. The second-order valence-corrected chi connectivity index (χ2v) is 9.77. The number of ether oxygens (including phenoxy) is 1. The summed E-state index contributed by atoms with van der Waals surface area (Å²) in [6, 6.07) is 16.3. The summed E-state index contributed by atoms with van der Waals surface area (Å²) in [4.78, 5) is 13.1. The van der Waals surface area contributed by atoms with E-state index in [0.717, 1.165) is 15.9 Å². The van der Waals surface area contributed by atoms with E-state index in [9.17, 15) is 18.7 Å². The number of benzene rings is 2. The molecule has 180 valence electrons. The van der Waals surface area contributed by atoms with Crippen LogP contribution >= 0.6 is 15.9 Å². The van der Waals surface area contributed by atoms with Gasteiger partial charge in [0.2, 0.25) is 5.92 Å². The first-order valence-corrected chi connectivity index (χ1v) is 12.1. The topological polar surface area (TPSA) is 55.3 Å². The van der Waals surface area contributed by atoms with Crippen molar-refractivity contribution in [2.24, 2.45) is 5.92 Å². The molecule has 0 amide bonds. The average Bonchev–Trinajstić information content (AvgIpc) is 3.37. The van der Waals surface area contributed by atoms with Gasteiger partial charge in [0.15, 0.2) is 5.60 Å². The zero-order chi connectivity index (χ0) is 24.3. The summed E-state index contributed by atoms with van der Waals surface area (Å²) < 4.78 is 38.4. The van der Waals surface area contributed by atoms with Crippen LogP contribution in [-0.2, 0) is 28.2 Å². The summed E-state index contributed by atoms with van der Waals surface area (Å²) >= 11 is 3.44. The van der Waals surface area contributed by atoms with Crippen LogP contribution in [0.15, 0.2) is 71.5 Å². The van der Waals surface area contributed by atoms with Gasteiger partial charge in [-0.05, 0) is 29.7 Å². The number of aliphatic hydroxyl groups is 1. The lowest BCUT2D eigenvalue weighted by Gasteiger charge is -2.32. The van der Waals surface area contributed by atoms with Gasteiger partial charge < -0.3 is 9.84 Å². The van der Waals surface area contributed by atoms with Crippen LogP contribution in [0.4, 0.5) is 8.78 Å². The van der Waals surface area contributed by atoms with E-state index in [-0.39, 0.29) is 25.0 Å². The highest BCUT2D eigenvalue weighted by molar-refractivity contribution is 9.10. The maximum atomic E-state index is 13.9. The van der Waals surface area contributed by atoms with Crippen molar-refractivity contribution in [3.05, 3.63) is 88.4 Å². The molecule has 5 nitrogen and oxygen atoms in total. The number of hydrogen-bond acceptors (Lipinski definition) is 3. The zero-order valence-corrected chi connectivity index (χ0v) is 20.5. The number of aromatic nitrogens is 2. The number of nitrogens with zero attached hydrogens (tertiary/aromatic N) is 2. The van der Waals surface area contributed by atoms with E-state index in [2.05, 4.69) is 20.5 Å². The third-order valence-electron chi connectivity index (χ3n) is 6.61. The fraction of sp³-hybridized carbons (Fsp3) is 0.385. The fourth-order valence-electron chi connectivity index (χ4n) is 4.60. The molecule has 1 aliphatic rings. The Morgan fingerprint density at radius 2 is 1.94 bits per heavy atom. The molecular formula is C26H28BrF2N2O3+. The Bertz CT molecular complexity index is 1130. The summed E-state index contributed by atoms with van der Waals surface area (Å²) in [5.41, 5.74) is -0.664. The Hall–Kier alpha value is -2.58. The maximum absolute atomic E-state index is 13.9. The second kappa shape index (κ2) is 9.96. The van der Waals surface area contributed by atoms with Crippen LogP contribution in [0, 0.1) is 12.8 Å². The van der Waals surface area contributed by atoms with Gasteiger partial charge in [-0.3, -0.25) is 0 Å². The minimum absolute atomic E-state index is 0.0187. The van der Waals surface area contributed by atoms with E-state index in [0.29, 0.717) is 13.1 Å². The smallest absolute Gasteiger partial charge is 0.343 e. The highest BCUT2D eigenvalue weighted by Crippen LogP contribution is 2.47. The molecule has 8 heteroatoms. The highest BCUT2D eigenvalue weighted by atomic mass is 79.9.